The summed E-state index contributed by atoms with van der Waals surface area (Å²) in [6.07, 6.45) is 7.15. The standard InChI is InChI=1S/C24H31N5O4/c1-2-33-23(31)21-11-12-29(26-21)20-9-7-19(8-10-20)25-24(32)28-15-13-27(14-16-28)22(30)17-18-5-3-4-6-18/h7-12,18H,2-6,13-17H2,1H3,(H,25,32). The Kier molecular flexibility index (Phi) is 7.26. The molecule has 2 aromatic rings. The zero-order valence-electron chi connectivity index (χ0n) is 19.0. The first-order chi connectivity index (χ1) is 16.0. The number of hydrogen-bond acceptors (Lipinski definition) is 5. The van der Waals surface area contributed by atoms with Crippen LogP contribution in [0.5, 0.6) is 0 Å². The fourth-order valence-corrected chi connectivity index (χ4v) is 4.43. The summed E-state index contributed by atoms with van der Waals surface area (Å²) in [5.74, 6) is 0.308. The normalized spacial score (nSPS) is 16.6. The van der Waals surface area contributed by atoms with Crippen LogP contribution in [0.25, 0.3) is 5.69 Å². The fraction of sp³-hybridized carbons (Fsp3) is 0.500. The topological polar surface area (TPSA) is 96.8 Å². The number of aromatic nitrogens is 2. The smallest absolute Gasteiger partial charge is 0.358 e. The molecule has 1 aromatic carbocycles. The van der Waals surface area contributed by atoms with Gasteiger partial charge in [-0.25, -0.2) is 14.3 Å². The van der Waals surface area contributed by atoms with Gasteiger partial charge in [-0.3, -0.25) is 4.79 Å². The van der Waals surface area contributed by atoms with E-state index in [2.05, 4.69) is 10.4 Å². The Morgan fingerprint density at radius 1 is 1.00 bits per heavy atom. The summed E-state index contributed by atoms with van der Waals surface area (Å²) < 4.78 is 6.54. The number of hydrogen-bond donors (Lipinski definition) is 1. The van der Waals surface area contributed by atoms with Gasteiger partial charge in [-0.05, 0) is 56.0 Å². The fourth-order valence-electron chi connectivity index (χ4n) is 4.43. The van der Waals surface area contributed by atoms with E-state index in [-0.39, 0.29) is 17.6 Å². The molecule has 0 bridgehead atoms. The molecule has 3 amide bonds. The number of urea groups is 1. The molecule has 9 nitrogen and oxygen atoms in total. The monoisotopic (exact) mass is 453 g/mol. The van der Waals surface area contributed by atoms with E-state index in [9.17, 15) is 14.4 Å². The molecule has 0 spiro atoms. The number of piperazine rings is 1. The summed E-state index contributed by atoms with van der Waals surface area (Å²) in [4.78, 5) is 40.6. The summed E-state index contributed by atoms with van der Waals surface area (Å²) in [7, 11) is 0. The Morgan fingerprint density at radius 3 is 2.33 bits per heavy atom. The highest BCUT2D eigenvalue weighted by Crippen LogP contribution is 2.28. The van der Waals surface area contributed by atoms with E-state index in [1.165, 1.54) is 25.7 Å². The molecule has 2 heterocycles. The Morgan fingerprint density at radius 2 is 1.67 bits per heavy atom. The van der Waals surface area contributed by atoms with Crippen molar-refractivity contribution >= 4 is 23.6 Å². The summed E-state index contributed by atoms with van der Waals surface area (Å²) in [6, 6.07) is 8.65. The van der Waals surface area contributed by atoms with Gasteiger partial charge in [-0.1, -0.05) is 12.8 Å². The maximum absolute atomic E-state index is 12.7. The van der Waals surface area contributed by atoms with Crippen LogP contribution in [-0.4, -0.2) is 70.3 Å². The van der Waals surface area contributed by atoms with Gasteiger partial charge in [0.15, 0.2) is 5.69 Å². The highest BCUT2D eigenvalue weighted by atomic mass is 16.5. The van der Waals surface area contributed by atoms with Gasteiger partial charge in [-0.15, -0.1) is 0 Å². The van der Waals surface area contributed by atoms with Crippen LogP contribution in [0.1, 0.15) is 49.5 Å². The lowest BCUT2D eigenvalue weighted by Gasteiger charge is -2.35. The van der Waals surface area contributed by atoms with Gasteiger partial charge in [0.05, 0.1) is 12.3 Å². The van der Waals surface area contributed by atoms with Crippen molar-refractivity contribution in [2.45, 2.75) is 39.0 Å². The number of ether oxygens (including phenoxy) is 1. The van der Waals surface area contributed by atoms with Crippen LogP contribution in [0.3, 0.4) is 0 Å². The Hall–Kier alpha value is -3.36. The predicted molar refractivity (Wildman–Crippen MR) is 123 cm³/mol. The summed E-state index contributed by atoms with van der Waals surface area (Å²) in [5, 5.41) is 7.14. The lowest BCUT2D eigenvalue weighted by Crippen LogP contribution is -2.51. The molecule has 2 aliphatic rings. The van der Waals surface area contributed by atoms with Crippen molar-refractivity contribution in [3.8, 4) is 5.69 Å². The van der Waals surface area contributed by atoms with Crippen molar-refractivity contribution in [2.75, 3.05) is 38.1 Å². The van der Waals surface area contributed by atoms with Crippen LogP contribution >= 0.6 is 0 Å². The number of carbonyl (C=O) groups excluding carboxylic acids is 3. The lowest BCUT2D eigenvalue weighted by molar-refractivity contribution is -0.133. The molecule has 9 heteroatoms. The van der Waals surface area contributed by atoms with Crippen molar-refractivity contribution in [1.82, 2.24) is 19.6 Å². The third kappa shape index (κ3) is 5.71. The largest absolute Gasteiger partial charge is 0.461 e. The average Bonchev–Trinajstić information content (AvgIpc) is 3.52. The number of amides is 3. The van der Waals surface area contributed by atoms with Gasteiger partial charge in [0.1, 0.15) is 0 Å². The third-order valence-corrected chi connectivity index (χ3v) is 6.31. The van der Waals surface area contributed by atoms with E-state index in [0.29, 0.717) is 50.8 Å². The van der Waals surface area contributed by atoms with Crippen molar-refractivity contribution in [3.05, 3.63) is 42.2 Å². The Balaban J connectivity index is 1.26. The first kappa shape index (κ1) is 22.8. The average molecular weight is 454 g/mol. The van der Waals surface area contributed by atoms with Gasteiger partial charge >= 0.3 is 12.0 Å². The number of carbonyl (C=O) groups is 3. The van der Waals surface area contributed by atoms with Gasteiger partial charge in [-0.2, -0.15) is 5.10 Å². The van der Waals surface area contributed by atoms with Crippen LogP contribution in [-0.2, 0) is 9.53 Å². The first-order valence-corrected chi connectivity index (χ1v) is 11.7. The summed E-state index contributed by atoms with van der Waals surface area (Å²) >= 11 is 0. The van der Waals surface area contributed by atoms with Crippen molar-refractivity contribution in [2.24, 2.45) is 5.92 Å². The van der Waals surface area contributed by atoms with Crippen LogP contribution in [0.2, 0.25) is 0 Å². The van der Waals surface area contributed by atoms with Gasteiger partial charge in [0.2, 0.25) is 5.91 Å². The van der Waals surface area contributed by atoms with Crippen LogP contribution in [0.15, 0.2) is 36.5 Å². The lowest BCUT2D eigenvalue weighted by atomic mass is 10.0. The molecule has 1 N–H and O–H groups in total. The molecule has 1 aromatic heterocycles. The summed E-state index contributed by atoms with van der Waals surface area (Å²) in [6.45, 7) is 4.28. The maximum atomic E-state index is 12.7. The SMILES string of the molecule is CCOC(=O)c1ccn(-c2ccc(NC(=O)N3CCN(C(=O)CC4CCCC4)CC3)cc2)n1. The van der Waals surface area contributed by atoms with Crippen molar-refractivity contribution in [3.63, 3.8) is 0 Å². The van der Waals surface area contributed by atoms with Crippen molar-refractivity contribution < 1.29 is 19.1 Å². The minimum absolute atomic E-state index is 0.172. The van der Waals surface area contributed by atoms with E-state index in [0.717, 1.165) is 5.69 Å². The molecular formula is C24H31N5O4. The molecule has 1 saturated carbocycles. The second kappa shape index (κ2) is 10.5. The molecule has 4 rings (SSSR count). The minimum atomic E-state index is -0.458. The van der Waals surface area contributed by atoms with E-state index in [1.807, 2.05) is 17.0 Å². The molecule has 0 atom stereocenters. The maximum Gasteiger partial charge on any atom is 0.358 e. The van der Waals surface area contributed by atoms with E-state index < -0.39 is 5.97 Å². The molecule has 0 unspecified atom stereocenters. The number of esters is 1. The molecule has 1 saturated heterocycles. The highest BCUT2D eigenvalue weighted by molar-refractivity contribution is 5.90. The first-order valence-electron chi connectivity index (χ1n) is 11.7. The number of anilines is 1. The molecule has 1 aliphatic heterocycles. The zero-order chi connectivity index (χ0) is 23.2. The third-order valence-electron chi connectivity index (χ3n) is 6.31. The van der Waals surface area contributed by atoms with Crippen molar-refractivity contribution in [1.29, 1.82) is 0 Å². The number of nitrogens with one attached hydrogen (secondary N) is 1. The van der Waals surface area contributed by atoms with E-state index in [4.69, 9.17) is 4.74 Å². The molecule has 1 aliphatic carbocycles. The molecule has 0 radical (unpaired) electrons. The number of rotatable bonds is 6. The van der Waals surface area contributed by atoms with Crippen LogP contribution in [0, 0.1) is 5.92 Å². The van der Waals surface area contributed by atoms with E-state index in [1.54, 1.807) is 40.9 Å². The number of nitrogens with zero attached hydrogens (tertiary/aromatic N) is 4. The molecule has 176 valence electrons. The zero-order valence-corrected chi connectivity index (χ0v) is 19.0. The Bertz CT molecular complexity index is 973. The second-order valence-corrected chi connectivity index (χ2v) is 8.57. The van der Waals surface area contributed by atoms with E-state index >= 15 is 0 Å². The predicted octanol–water partition coefficient (Wildman–Crippen LogP) is 3.31. The molecule has 2 fully saturated rings. The highest BCUT2D eigenvalue weighted by Gasteiger charge is 2.26. The molecule has 33 heavy (non-hydrogen) atoms. The van der Waals surface area contributed by atoms with Gasteiger partial charge in [0.25, 0.3) is 0 Å². The van der Waals surface area contributed by atoms with Crippen LogP contribution < -0.4 is 5.32 Å². The van der Waals surface area contributed by atoms with Gasteiger partial charge < -0.3 is 19.9 Å². The quantitative estimate of drug-likeness (QED) is 0.677. The van der Waals surface area contributed by atoms with Gasteiger partial charge in [0, 0.05) is 44.5 Å². The Labute approximate surface area is 193 Å². The second-order valence-electron chi connectivity index (χ2n) is 8.57. The molecular weight excluding hydrogens is 422 g/mol. The minimum Gasteiger partial charge on any atom is -0.461 e. The summed E-state index contributed by atoms with van der Waals surface area (Å²) in [5.41, 5.74) is 1.68. The number of benzene rings is 1. The van der Waals surface area contributed by atoms with Crippen LogP contribution in [0.4, 0.5) is 10.5 Å².